The molecule has 112 valence electrons. The van der Waals surface area contributed by atoms with Gasteiger partial charge in [0.2, 0.25) is 0 Å². The molecule has 0 aliphatic rings. The van der Waals surface area contributed by atoms with Gasteiger partial charge in [-0.25, -0.2) is 0 Å². The molecule has 0 heterocycles. The van der Waals surface area contributed by atoms with Crippen molar-refractivity contribution in [2.24, 2.45) is 0 Å². The quantitative estimate of drug-likeness (QED) is 0.424. The van der Waals surface area contributed by atoms with Crippen molar-refractivity contribution in [1.29, 1.82) is 0 Å². The van der Waals surface area contributed by atoms with Crippen LogP contribution in [0.1, 0.15) is 63.9 Å². The van der Waals surface area contributed by atoms with Crippen molar-refractivity contribution in [2.45, 2.75) is 64.7 Å². The van der Waals surface area contributed by atoms with E-state index in [1.54, 1.807) is 0 Å². The SMILES string of the molecule is CCCCCCC(=O)OCCCCCc1ccccc1. The molecule has 0 unspecified atom stereocenters. The Hall–Kier alpha value is -1.31. The van der Waals surface area contributed by atoms with Gasteiger partial charge in [0, 0.05) is 6.42 Å². The molecule has 0 saturated carbocycles. The smallest absolute Gasteiger partial charge is 0.305 e. The number of ether oxygens (including phenoxy) is 1. The number of benzene rings is 1. The number of hydrogen-bond acceptors (Lipinski definition) is 2. The van der Waals surface area contributed by atoms with Crippen molar-refractivity contribution in [2.75, 3.05) is 6.61 Å². The summed E-state index contributed by atoms with van der Waals surface area (Å²) in [6.07, 6.45) is 9.51. The Bertz CT molecular complexity index is 346. The fourth-order valence-corrected chi connectivity index (χ4v) is 2.21. The van der Waals surface area contributed by atoms with Crippen LogP contribution in [0.2, 0.25) is 0 Å². The first-order valence-corrected chi connectivity index (χ1v) is 8.02. The third kappa shape index (κ3) is 8.73. The highest BCUT2D eigenvalue weighted by Crippen LogP contribution is 2.07. The largest absolute Gasteiger partial charge is 0.466 e. The van der Waals surface area contributed by atoms with E-state index in [0.29, 0.717) is 13.0 Å². The second-order valence-electron chi connectivity index (χ2n) is 5.33. The zero-order valence-electron chi connectivity index (χ0n) is 12.8. The zero-order chi connectivity index (χ0) is 14.5. The Morgan fingerprint density at radius 1 is 0.950 bits per heavy atom. The number of carbonyl (C=O) groups is 1. The number of unbranched alkanes of at least 4 members (excludes halogenated alkanes) is 5. The number of rotatable bonds is 11. The van der Waals surface area contributed by atoms with E-state index in [1.807, 2.05) is 6.07 Å². The predicted molar refractivity (Wildman–Crippen MR) is 83.7 cm³/mol. The lowest BCUT2D eigenvalue weighted by Gasteiger charge is -2.05. The molecule has 1 aromatic carbocycles. The van der Waals surface area contributed by atoms with E-state index in [2.05, 4.69) is 31.2 Å². The van der Waals surface area contributed by atoms with Gasteiger partial charge in [0.1, 0.15) is 0 Å². The van der Waals surface area contributed by atoms with E-state index in [4.69, 9.17) is 4.74 Å². The van der Waals surface area contributed by atoms with Crippen LogP contribution in [0.5, 0.6) is 0 Å². The van der Waals surface area contributed by atoms with Gasteiger partial charge in [0.25, 0.3) is 0 Å². The molecule has 0 radical (unpaired) electrons. The Labute approximate surface area is 123 Å². The van der Waals surface area contributed by atoms with E-state index in [-0.39, 0.29) is 5.97 Å². The van der Waals surface area contributed by atoms with Crippen LogP contribution < -0.4 is 0 Å². The lowest BCUT2D eigenvalue weighted by molar-refractivity contribution is -0.143. The van der Waals surface area contributed by atoms with Crippen molar-refractivity contribution in [3.8, 4) is 0 Å². The first-order chi connectivity index (χ1) is 9.83. The highest BCUT2D eigenvalue weighted by molar-refractivity contribution is 5.69. The van der Waals surface area contributed by atoms with Crippen LogP contribution in [0.25, 0.3) is 0 Å². The van der Waals surface area contributed by atoms with Crippen LogP contribution in [0.4, 0.5) is 0 Å². The van der Waals surface area contributed by atoms with Gasteiger partial charge < -0.3 is 4.74 Å². The first-order valence-electron chi connectivity index (χ1n) is 8.02. The Morgan fingerprint density at radius 3 is 2.45 bits per heavy atom. The summed E-state index contributed by atoms with van der Waals surface area (Å²) < 4.78 is 5.24. The second-order valence-corrected chi connectivity index (χ2v) is 5.33. The number of aryl methyl sites for hydroxylation is 1. The van der Waals surface area contributed by atoms with E-state index in [0.717, 1.165) is 38.5 Å². The van der Waals surface area contributed by atoms with Crippen molar-refractivity contribution >= 4 is 5.97 Å². The van der Waals surface area contributed by atoms with Gasteiger partial charge in [0.15, 0.2) is 0 Å². The lowest BCUT2D eigenvalue weighted by atomic mass is 10.1. The maximum absolute atomic E-state index is 11.4. The molecular weight excluding hydrogens is 248 g/mol. The van der Waals surface area contributed by atoms with Gasteiger partial charge in [-0.05, 0) is 37.7 Å². The molecule has 0 fully saturated rings. The van der Waals surface area contributed by atoms with Gasteiger partial charge in [0.05, 0.1) is 6.61 Å². The maximum Gasteiger partial charge on any atom is 0.305 e. The molecule has 0 amide bonds. The zero-order valence-corrected chi connectivity index (χ0v) is 12.8. The summed E-state index contributed by atoms with van der Waals surface area (Å²) in [5.41, 5.74) is 1.39. The van der Waals surface area contributed by atoms with Crippen LogP contribution in [0, 0.1) is 0 Å². The fourth-order valence-electron chi connectivity index (χ4n) is 2.21. The normalized spacial score (nSPS) is 10.4. The van der Waals surface area contributed by atoms with Crippen molar-refractivity contribution in [1.82, 2.24) is 0 Å². The van der Waals surface area contributed by atoms with E-state index >= 15 is 0 Å². The average Bonchev–Trinajstić information content (AvgIpc) is 2.48. The minimum atomic E-state index is -0.0239. The van der Waals surface area contributed by atoms with Gasteiger partial charge in [-0.15, -0.1) is 0 Å². The monoisotopic (exact) mass is 276 g/mol. The van der Waals surface area contributed by atoms with Crippen molar-refractivity contribution < 1.29 is 9.53 Å². The third-order valence-corrected chi connectivity index (χ3v) is 3.45. The first kappa shape index (κ1) is 16.7. The maximum atomic E-state index is 11.4. The molecule has 0 N–H and O–H groups in total. The van der Waals surface area contributed by atoms with Crippen LogP contribution in [0.3, 0.4) is 0 Å². The summed E-state index contributed by atoms with van der Waals surface area (Å²) in [6.45, 7) is 2.76. The Kier molecular flexibility index (Phi) is 9.64. The van der Waals surface area contributed by atoms with Crippen molar-refractivity contribution in [3.63, 3.8) is 0 Å². The second kappa shape index (κ2) is 11.5. The summed E-state index contributed by atoms with van der Waals surface area (Å²) in [5.74, 6) is -0.0239. The minimum Gasteiger partial charge on any atom is -0.466 e. The van der Waals surface area contributed by atoms with Crippen LogP contribution >= 0.6 is 0 Å². The van der Waals surface area contributed by atoms with E-state index < -0.39 is 0 Å². The van der Waals surface area contributed by atoms with Crippen LogP contribution in [-0.2, 0) is 16.0 Å². The minimum absolute atomic E-state index is 0.0239. The van der Waals surface area contributed by atoms with Gasteiger partial charge in [-0.3, -0.25) is 4.79 Å². The molecule has 0 bridgehead atoms. The van der Waals surface area contributed by atoms with Crippen molar-refractivity contribution in [3.05, 3.63) is 35.9 Å². The third-order valence-electron chi connectivity index (χ3n) is 3.45. The molecule has 0 aliphatic carbocycles. The van der Waals surface area contributed by atoms with E-state index in [1.165, 1.54) is 18.4 Å². The summed E-state index contributed by atoms with van der Waals surface area (Å²) in [4.78, 5) is 11.4. The molecule has 20 heavy (non-hydrogen) atoms. The Balaban J connectivity index is 1.90. The highest BCUT2D eigenvalue weighted by atomic mass is 16.5. The highest BCUT2D eigenvalue weighted by Gasteiger charge is 2.02. The molecule has 0 spiro atoms. The summed E-state index contributed by atoms with van der Waals surface area (Å²) in [5, 5.41) is 0. The molecule has 1 aromatic rings. The van der Waals surface area contributed by atoms with Gasteiger partial charge in [-0.1, -0.05) is 56.5 Å². The molecule has 0 aliphatic heterocycles. The van der Waals surface area contributed by atoms with Gasteiger partial charge in [-0.2, -0.15) is 0 Å². The standard InChI is InChI=1S/C18H28O2/c1-2-3-4-10-15-18(19)20-16-11-6-9-14-17-12-7-5-8-13-17/h5,7-8,12-13H,2-4,6,9-11,14-16H2,1H3. The lowest BCUT2D eigenvalue weighted by Crippen LogP contribution is -2.05. The Morgan fingerprint density at radius 2 is 1.70 bits per heavy atom. The van der Waals surface area contributed by atoms with Crippen LogP contribution in [0.15, 0.2) is 30.3 Å². The molecular formula is C18H28O2. The topological polar surface area (TPSA) is 26.3 Å². The average molecular weight is 276 g/mol. The fraction of sp³-hybridized carbons (Fsp3) is 0.611. The molecule has 2 nitrogen and oxygen atoms in total. The summed E-state index contributed by atoms with van der Waals surface area (Å²) in [6, 6.07) is 10.5. The summed E-state index contributed by atoms with van der Waals surface area (Å²) in [7, 11) is 0. The molecule has 0 atom stereocenters. The number of carbonyl (C=O) groups excluding carboxylic acids is 1. The molecule has 0 aromatic heterocycles. The number of hydrogen-bond donors (Lipinski definition) is 0. The number of esters is 1. The predicted octanol–water partition coefficient (Wildman–Crippen LogP) is 4.91. The van der Waals surface area contributed by atoms with Crippen LogP contribution in [-0.4, -0.2) is 12.6 Å². The molecule has 2 heteroatoms. The van der Waals surface area contributed by atoms with Gasteiger partial charge >= 0.3 is 5.97 Å². The molecule has 0 saturated heterocycles. The van der Waals surface area contributed by atoms with E-state index in [9.17, 15) is 4.79 Å². The summed E-state index contributed by atoms with van der Waals surface area (Å²) >= 11 is 0. The molecule has 1 rings (SSSR count).